The minimum atomic E-state index is -3.60. The average Bonchev–Trinajstić information content (AvgIpc) is 2.36. The van der Waals surface area contributed by atoms with E-state index in [-0.39, 0.29) is 10.9 Å². The fraction of sp³-hybridized carbons (Fsp3) is 0.600. The van der Waals surface area contributed by atoms with Crippen molar-refractivity contribution in [3.63, 3.8) is 0 Å². The molecule has 1 aromatic carbocycles. The van der Waals surface area contributed by atoms with Crippen molar-refractivity contribution in [1.29, 1.82) is 0 Å². The number of fused-ring (bicyclic) bond motifs is 1. The van der Waals surface area contributed by atoms with Crippen LogP contribution in [0.3, 0.4) is 0 Å². The Morgan fingerprint density at radius 3 is 2.86 bits per heavy atom. The molecule has 1 aliphatic heterocycles. The summed E-state index contributed by atoms with van der Waals surface area (Å²) in [6.07, 6.45) is 0.802. The van der Waals surface area contributed by atoms with E-state index in [1.807, 2.05) is 7.05 Å². The zero-order chi connectivity index (χ0) is 16.3. The number of nitrogens with zero attached hydrogens (tertiary/aromatic N) is 1. The van der Waals surface area contributed by atoms with Crippen LogP contribution in [-0.2, 0) is 10.0 Å². The summed E-state index contributed by atoms with van der Waals surface area (Å²) in [5.41, 5.74) is 0. The van der Waals surface area contributed by atoms with Gasteiger partial charge in [-0.3, -0.25) is 0 Å². The summed E-state index contributed by atoms with van der Waals surface area (Å²) in [5.74, 6) is 0.810. The van der Waals surface area contributed by atoms with Crippen molar-refractivity contribution in [2.45, 2.75) is 31.2 Å². The van der Waals surface area contributed by atoms with Crippen LogP contribution < -0.4 is 9.46 Å². The highest BCUT2D eigenvalue weighted by Gasteiger charge is 2.26. The van der Waals surface area contributed by atoms with Crippen molar-refractivity contribution in [1.82, 2.24) is 9.62 Å². The molecule has 1 heterocycles. The molecule has 0 aromatic heterocycles. The van der Waals surface area contributed by atoms with Crippen LogP contribution in [0.25, 0.3) is 0 Å². The van der Waals surface area contributed by atoms with Gasteiger partial charge in [-0.25, -0.2) is 13.1 Å². The molecule has 7 heteroatoms. The maximum Gasteiger partial charge on any atom is 0.244 e. The molecule has 5 nitrogen and oxygen atoms in total. The molecule has 22 heavy (non-hydrogen) atoms. The van der Waals surface area contributed by atoms with Crippen LogP contribution in [0.4, 0.5) is 0 Å². The summed E-state index contributed by atoms with van der Waals surface area (Å²) >= 11 is 3.36. The van der Waals surface area contributed by atoms with Gasteiger partial charge in [-0.15, -0.1) is 0 Å². The van der Waals surface area contributed by atoms with Gasteiger partial charge >= 0.3 is 0 Å². The van der Waals surface area contributed by atoms with Crippen LogP contribution in [0.15, 0.2) is 27.6 Å². The number of benzene rings is 1. The van der Waals surface area contributed by atoms with Gasteiger partial charge in [-0.05, 0) is 37.6 Å². The van der Waals surface area contributed by atoms with Crippen LogP contribution in [-0.4, -0.2) is 46.1 Å². The van der Waals surface area contributed by atoms with Gasteiger partial charge in [0.2, 0.25) is 10.0 Å². The predicted molar refractivity (Wildman–Crippen MR) is 90.7 cm³/mol. The second-order valence-electron chi connectivity index (χ2n) is 6.15. The van der Waals surface area contributed by atoms with Gasteiger partial charge in [-0.2, -0.15) is 0 Å². The summed E-state index contributed by atoms with van der Waals surface area (Å²) in [6.45, 7) is 6.08. The molecule has 0 aliphatic carbocycles. The Labute approximate surface area is 141 Å². The molecule has 0 amide bonds. The Morgan fingerprint density at radius 1 is 1.45 bits per heavy atom. The second kappa shape index (κ2) is 7.29. The molecule has 0 radical (unpaired) electrons. The third-order valence-electron chi connectivity index (χ3n) is 3.54. The van der Waals surface area contributed by atoms with E-state index in [0.29, 0.717) is 24.8 Å². The van der Waals surface area contributed by atoms with Crippen molar-refractivity contribution in [2.75, 3.05) is 26.7 Å². The molecule has 0 spiro atoms. The minimum absolute atomic E-state index is 0.107. The van der Waals surface area contributed by atoms with Gasteiger partial charge in [0.1, 0.15) is 17.3 Å². The summed E-state index contributed by atoms with van der Waals surface area (Å²) in [5, 5.41) is 0. The Hall–Kier alpha value is -0.630. The number of hydrogen-bond acceptors (Lipinski definition) is 4. The Morgan fingerprint density at radius 2 is 2.18 bits per heavy atom. The fourth-order valence-electron chi connectivity index (χ4n) is 2.61. The monoisotopic (exact) mass is 390 g/mol. The Kier molecular flexibility index (Phi) is 5.87. The van der Waals surface area contributed by atoms with Crippen LogP contribution in [0.2, 0.25) is 0 Å². The van der Waals surface area contributed by atoms with Gasteiger partial charge in [0, 0.05) is 23.6 Å². The first-order chi connectivity index (χ1) is 10.3. The van der Waals surface area contributed by atoms with Crippen LogP contribution in [0.1, 0.15) is 20.3 Å². The van der Waals surface area contributed by atoms with Gasteiger partial charge in [-0.1, -0.05) is 29.8 Å². The smallest absolute Gasteiger partial charge is 0.244 e. The number of sulfonamides is 1. The highest BCUT2D eigenvalue weighted by Crippen LogP contribution is 2.28. The molecule has 1 aromatic rings. The minimum Gasteiger partial charge on any atom is -0.491 e. The van der Waals surface area contributed by atoms with E-state index in [2.05, 4.69) is 39.4 Å². The van der Waals surface area contributed by atoms with E-state index in [1.165, 1.54) is 0 Å². The summed E-state index contributed by atoms with van der Waals surface area (Å²) in [6, 6.07) is 4.90. The van der Waals surface area contributed by atoms with Crippen LogP contribution in [0.5, 0.6) is 5.75 Å². The highest BCUT2D eigenvalue weighted by molar-refractivity contribution is 9.10. The Balaban J connectivity index is 2.38. The molecule has 124 valence electrons. The molecular weight excluding hydrogens is 368 g/mol. The second-order valence-corrected chi connectivity index (χ2v) is 8.75. The van der Waals surface area contributed by atoms with E-state index >= 15 is 0 Å². The standard InChI is InChI=1S/C15H23BrN2O3S/c1-11(2)8-13-10-18(3)6-7-21-14-9-12(16)4-5-15(14)22(19,20)17-13/h4-5,9,11,13,17H,6-8,10H2,1-3H3/t13-/m0/s1. The summed E-state index contributed by atoms with van der Waals surface area (Å²) in [4.78, 5) is 2.30. The summed E-state index contributed by atoms with van der Waals surface area (Å²) in [7, 11) is -1.62. The molecule has 0 unspecified atom stereocenters. The molecular formula is C15H23BrN2O3S. The lowest BCUT2D eigenvalue weighted by atomic mass is 10.0. The predicted octanol–water partition coefficient (Wildman–Crippen LogP) is 2.47. The first kappa shape index (κ1) is 17.7. The first-order valence-electron chi connectivity index (χ1n) is 7.41. The van der Waals surface area contributed by atoms with Crippen molar-refractivity contribution in [2.24, 2.45) is 5.92 Å². The fourth-order valence-corrected chi connectivity index (χ4v) is 4.31. The number of ether oxygens (including phenoxy) is 1. The molecule has 2 rings (SSSR count). The molecule has 1 N–H and O–H groups in total. The molecule has 0 saturated carbocycles. The molecule has 0 bridgehead atoms. The van der Waals surface area contributed by atoms with Crippen molar-refractivity contribution in [3.05, 3.63) is 22.7 Å². The lowest BCUT2D eigenvalue weighted by molar-refractivity contribution is 0.214. The molecule has 1 aliphatic rings. The molecule has 0 fully saturated rings. The SMILES string of the molecule is CC(C)C[C@H]1CN(C)CCOc2cc(Br)ccc2S(=O)(=O)N1. The third kappa shape index (κ3) is 4.68. The van der Waals surface area contributed by atoms with E-state index in [9.17, 15) is 8.42 Å². The van der Waals surface area contributed by atoms with Gasteiger partial charge < -0.3 is 9.64 Å². The highest BCUT2D eigenvalue weighted by atomic mass is 79.9. The number of hydrogen-bond donors (Lipinski definition) is 1. The number of halogens is 1. The average molecular weight is 391 g/mol. The third-order valence-corrected chi connectivity index (χ3v) is 5.59. The van der Waals surface area contributed by atoms with Crippen molar-refractivity contribution >= 4 is 26.0 Å². The quantitative estimate of drug-likeness (QED) is 0.842. The van der Waals surface area contributed by atoms with Gasteiger partial charge in [0.15, 0.2) is 0 Å². The number of likely N-dealkylation sites (N-methyl/N-ethyl adjacent to an activating group) is 1. The largest absolute Gasteiger partial charge is 0.491 e. The normalized spacial score (nSPS) is 22.9. The number of nitrogens with one attached hydrogen (secondary N) is 1. The van der Waals surface area contributed by atoms with Crippen molar-refractivity contribution in [3.8, 4) is 5.75 Å². The van der Waals surface area contributed by atoms with Crippen molar-refractivity contribution < 1.29 is 13.2 Å². The van der Waals surface area contributed by atoms with E-state index in [0.717, 1.165) is 17.4 Å². The lowest BCUT2D eigenvalue weighted by Gasteiger charge is -2.28. The molecule has 1 atom stereocenters. The summed E-state index contributed by atoms with van der Waals surface area (Å²) < 4.78 is 34.7. The van der Waals surface area contributed by atoms with Gasteiger partial charge in [0.25, 0.3) is 0 Å². The molecule has 0 saturated heterocycles. The van der Waals surface area contributed by atoms with Gasteiger partial charge in [0.05, 0.1) is 0 Å². The lowest BCUT2D eigenvalue weighted by Crippen LogP contribution is -2.45. The first-order valence-corrected chi connectivity index (χ1v) is 9.69. The van der Waals surface area contributed by atoms with Crippen LogP contribution in [0, 0.1) is 5.92 Å². The maximum atomic E-state index is 12.7. The van der Waals surface area contributed by atoms with Crippen LogP contribution >= 0.6 is 15.9 Å². The Bertz CT molecular complexity index is 619. The number of rotatable bonds is 2. The van der Waals surface area contributed by atoms with E-state index in [1.54, 1.807) is 18.2 Å². The van der Waals surface area contributed by atoms with E-state index in [4.69, 9.17) is 4.74 Å². The maximum absolute atomic E-state index is 12.7. The zero-order valence-corrected chi connectivity index (χ0v) is 15.6. The van der Waals surface area contributed by atoms with E-state index < -0.39 is 10.0 Å². The zero-order valence-electron chi connectivity index (χ0n) is 13.2. The topological polar surface area (TPSA) is 58.6 Å².